The van der Waals surface area contributed by atoms with Crippen LogP contribution in [0.1, 0.15) is 26.8 Å². The lowest BCUT2D eigenvalue weighted by Gasteiger charge is -2.07. The van der Waals surface area contributed by atoms with Crippen molar-refractivity contribution in [1.82, 2.24) is 19.2 Å². The molecule has 6 nitrogen and oxygen atoms in total. The highest BCUT2D eigenvalue weighted by atomic mass is 32.2. The number of nitrogens with zero attached hydrogens (tertiary/aromatic N) is 4. The van der Waals surface area contributed by atoms with Crippen LogP contribution in [0.3, 0.4) is 0 Å². The van der Waals surface area contributed by atoms with Crippen LogP contribution in [0.5, 0.6) is 0 Å². The number of para-hydroxylation sites is 2. The summed E-state index contributed by atoms with van der Waals surface area (Å²) < 4.78 is 28.0. The summed E-state index contributed by atoms with van der Waals surface area (Å²) in [4.78, 5) is 0. The third-order valence-electron chi connectivity index (χ3n) is 3.39. The Morgan fingerprint density at radius 2 is 1.80 bits per heavy atom. The molecule has 20 heavy (non-hydrogen) atoms. The van der Waals surface area contributed by atoms with E-state index in [1.165, 1.54) is 0 Å². The van der Waals surface area contributed by atoms with Gasteiger partial charge in [0, 0.05) is 6.04 Å². The van der Waals surface area contributed by atoms with Gasteiger partial charge in [-0.15, -0.1) is 10.2 Å². The fourth-order valence-electron chi connectivity index (χ4n) is 2.43. The van der Waals surface area contributed by atoms with Crippen molar-refractivity contribution >= 4 is 26.6 Å². The van der Waals surface area contributed by atoms with Gasteiger partial charge in [-0.25, -0.2) is 12.8 Å². The van der Waals surface area contributed by atoms with E-state index in [0.29, 0.717) is 5.78 Å². The van der Waals surface area contributed by atoms with Gasteiger partial charge in [0.15, 0.2) is 0 Å². The average Bonchev–Trinajstić information content (AvgIpc) is 2.95. The fourth-order valence-corrected chi connectivity index (χ4v) is 3.31. The summed E-state index contributed by atoms with van der Waals surface area (Å²) in [5, 5.41) is 8.00. The average molecular weight is 292 g/mol. The molecule has 0 aliphatic heterocycles. The zero-order chi connectivity index (χ0) is 14.5. The van der Waals surface area contributed by atoms with Gasteiger partial charge in [-0.2, -0.15) is 0 Å². The predicted octanol–water partition coefficient (Wildman–Crippen LogP) is 2.06. The van der Waals surface area contributed by atoms with Crippen LogP contribution >= 0.6 is 0 Å². The van der Waals surface area contributed by atoms with E-state index in [-0.39, 0.29) is 17.0 Å². The molecule has 0 unspecified atom stereocenters. The third-order valence-corrected chi connectivity index (χ3v) is 4.97. The standard InChI is InChI=1S/C13H16N4O2S/c1-4-20(18,19)13-15-14-12-16(9(2)3)10-7-5-6-8-11(10)17(12)13/h5-9H,4H2,1-3H3. The lowest BCUT2D eigenvalue weighted by molar-refractivity contribution is 0.587. The smallest absolute Gasteiger partial charge is 0.255 e. The first-order chi connectivity index (χ1) is 9.47. The van der Waals surface area contributed by atoms with Crippen molar-refractivity contribution in [1.29, 1.82) is 0 Å². The van der Waals surface area contributed by atoms with Crippen molar-refractivity contribution in [3.63, 3.8) is 0 Å². The van der Waals surface area contributed by atoms with Gasteiger partial charge < -0.3 is 4.57 Å². The summed E-state index contributed by atoms with van der Waals surface area (Å²) in [6.45, 7) is 5.68. The first-order valence-corrected chi connectivity index (χ1v) is 8.19. The van der Waals surface area contributed by atoms with Crippen LogP contribution in [0, 0.1) is 0 Å². The Morgan fingerprint density at radius 1 is 1.15 bits per heavy atom. The minimum atomic E-state index is -3.41. The molecular formula is C13H16N4O2S. The Kier molecular flexibility index (Phi) is 2.82. The second kappa shape index (κ2) is 4.31. The fraction of sp³-hybridized carbons (Fsp3) is 0.385. The van der Waals surface area contributed by atoms with Crippen molar-refractivity contribution in [3.05, 3.63) is 24.3 Å². The Hall–Kier alpha value is -1.89. The lowest BCUT2D eigenvalue weighted by Crippen LogP contribution is -2.08. The van der Waals surface area contributed by atoms with Gasteiger partial charge in [-0.05, 0) is 26.0 Å². The second-order valence-corrected chi connectivity index (χ2v) is 7.15. The maximum Gasteiger partial charge on any atom is 0.255 e. The topological polar surface area (TPSA) is 69.3 Å². The number of sulfone groups is 1. The maximum absolute atomic E-state index is 12.2. The van der Waals surface area contributed by atoms with Crippen LogP contribution in [0.15, 0.2) is 29.4 Å². The molecule has 1 aromatic carbocycles. The zero-order valence-corrected chi connectivity index (χ0v) is 12.4. The van der Waals surface area contributed by atoms with Crippen molar-refractivity contribution in [2.24, 2.45) is 0 Å². The summed E-state index contributed by atoms with van der Waals surface area (Å²) in [5.41, 5.74) is 1.77. The van der Waals surface area contributed by atoms with E-state index in [2.05, 4.69) is 10.2 Å². The predicted molar refractivity (Wildman–Crippen MR) is 76.6 cm³/mol. The van der Waals surface area contributed by atoms with E-state index < -0.39 is 9.84 Å². The lowest BCUT2D eigenvalue weighted by atomic mass is 10.3. The monoisotopic (exact) mass is 292 g/mol. The van der Waals surface area contributed by atoms with Gasteiger partial charge in [0.05, 0.1) is 16.8 Å². The largest absolute Gasteiger partial charge is 0.306 e. The van der Waals surface area contributed by atoms with E-state index in [9.17, 15) is 8.42 Å². The summed E-state index contributed by atoms with van der Waals surface area (Å²) in [6.07, 6.45) is 0. The van der Waals surface area contributed by atoms with Crippen molar-refractivity contribution in [3.8, 4) is 0 Å². The van der Waals surface area contributed by atoms with Gasteiger partial charge in [0.25, 0.3) is 5.16 Å². The number of benzene rings is 1. The number of hydrogen-bond acceptors (Lipinski definition) is 4. The van der Waals surface area contributed by atoms with Crippen LogP contribution in [0.4, 0.5) is 0 Å². The Balaban J connectivity index is 2.53. The van der Waals surface area contributed by atoms with Gasteiger partial charge in [-0.1, -0.05) is 19.1 Å². The maximum atomic E-state index is 12.2. The minimum absolute atomic E-state index is 0.00891. The minimum Gasteiger partial charge on any atom is -0.306 e. The Labute approximate surface area is 117 Å². The molecule has 0 spiro atoms. The highest BCUT2D eigenvalue weighted by Gasteiger charge is 2.25. The molecule has 0 saturated heterocycles. The number of hydrogen-bond donors (Lipinski definition) is 0. The summed E-state index contributed by atoms with van der Waals surface area (Å²) in [6, 6.07) is 7.83. The van der Waals surface area contributed by atoms with E-state index in [0.717, 1.165) is 11.0 Å². The molecule has 0 N–H and O–H groups in total. The van der Waals surface area contributed by atoms with Crippen LogP contribution < -0.4 is 0 Å². The van der Waals surface area contributed by atoms with Gasteiger partial charge in [0.1, 0.15) is 0 Å². The SMILES string of the molecule is CCS(=O)(=O)c1nnc2n(C(C)C)c3ccccc3n12. The molecule has 2 aromatic heterocycles. The number of aromatic nitrogens is 4. The van der Waals surface area contributed by atoms with Gasteiger partial charge in [-0.3, -0.25) is 0 Å². The summed E-state index contributed by atoms with van der Waals surface area (Å²) in [5.74, 6) is 0.572. The molecule has 0 aliphatic carbocycles. The molecule has 3 aromatic rings. The molecular weight excluding hydrogens is 276 g/mol. The molecule has 0 atom stereocenters. The molecule has 0 amide bonds. The zero-order valence-electron chi connectivity index (χ0n) is 11.6. The Bertz CT molecular complexity index is 890. The van der Waals surface area contributed by atoms with Crippen LogP contribution in [-0.2, 0) is 9.84 Å². The number of rotatable bonds is 3. The summed E-state index contributed by atoms with van der Waals surface area (Å²) >= 11 is 0. The molecule has 3 rings (SSSR count). The molecule has 0 saturated carbocycles. The highest BCUT2D eigenvalue weighted by Crippen LogP contribution is 2.26. The molecule has 2 heterocycles. The van der Waals surface area contributed by atoms with Gasteiger partial charge >= 0.3 is 0 Å². The Morgan fingerprint density at radius 3 is 2.40 bits per heavy atom. The third kappa shape index (κ3) is 1.66. The molecule has 0 radical (unpaired) electrons. The van der Waals surface area contributed by atoms with E-state index in [4.69, 9.17) is 0 Å². The normalized spacial score (nSPS) is 12.8. The second-order valence-electron chi connectivity index (χ2n) is 4.97. The number of imidazole rings is 1. The highest BCUT2D eigenvalue weighted by molar-refractivity contribution is 7.91. The quantitative estimate of drug-likeness (QED) is 0.741. The van der Waals surface area contributed by atoms with Crippen LogP contribution in [0.25, 0.3) is 16.8 Å². The molecule has 0 fully saturated rings. The molecule has 7 heteroatoms. The molecule has 0 aliphatic rings. The first kappa shape index (κ1) is 13.1. The number of fused-ring (bicyclic) bond motifs is 3. The van der Waals surface area contributed by atoms with Gasteiger partial charge in [0.2, 0.25) is 15.6 Å². The van der Waals surface area contributed by atoms with Crippen molar-refractivity contribution < 1.29 is 8.42 Å². The van der Waals surface area contributed by atoms with Crippen LogP contribution in [0.2, 0.25) is 0 Å². The van der Waals surface area contributed by atoms with Crippen molar-refractivity contribution in [2.45, 2.75) is 32.0 Å². The van der Waals surface area contributed by atoms with Crippen molar-refractivity contribution in [2.75, 3.05) is 5.75 Å². The van der Waals surface area contributed by atoms with E-state index >= 15 is 0 Å². The van der Waals surface area contributed by atoms with E-state index in [1.807, 2.05) is 42.7 Å². The van der Waals surface area contributed by atoms with E-state index in [1.54, 1.807) is 11.3 Å². The molecule has 0 bridgehead atoms. The van der Waals surface area contributed by atoms with Crippen LogP contribution in [-0.4, -0.2) is 33.3 Å². The summed E-state index contributed by atoms with van der Waals surface area (Å²) in [7, 11) is -3.41. The molecule has 106 valence electrons. The first-order valence-electron chi connectivity index (χ1n) is 6.54.